The number of hydrogen-bond donors (Lipinski definition) is 1. The van der Waals surface area contributed by atoms with Crippen molar-refractivity contribution in [2.75, 3.05) is 5.32 Å². The fourth-order valence-corrected chi connectivity index (χ4v) is 2.28. The maximum atomic E-state index is 4.16. The van der Waals surface area contributed by atoms with Crippen LogP contribution in [0, 0.1) is 13.8 Å². The number of nitrogens with zero attached hydrogens (tertiary/aromatic N) is 1. The van der Waals surface area contributed by atoms with Gasteiger partial charge in [-0.1, -0.05) is 28.1 Å². The molecule has 0 atom stereocenters. The highest BCUT2D eigenvalue weighted by Gasteiger charge is 2.00. The number of aryl methyl sites for hydroxylation is 2. The van der Waals surface area contributed by atoms with Gasteiger partial charge in [-0.05, 0) is 42.7 Å². The minimum atomic E-state index is 0.798. The van der Waals surface area contributed by atoms with E-state index in [1.54, 1.807) is 0 Å². The molecule has 0 saturated heterocycles. The Balaban J connectivity index is 2.07. The molecule has 1 aromatic heterocycles. The Hall–Kier alpha value is -1.35. The van der Waals surface area contributed by atoms with Crippen molar-refractivity contribution in [1.29, 1.82) is 0 Å². The molecule has 17 heavy (non-hydrogen) atoms. The largest absolute Gasteiger partial charge is 0.380 e. The Bertz CT molecular complexity index is 523. The first kappa shape index (κ1) is 12.1. The molecule has 1 N–H and O–H groups in total. The van der Waals surface area contributed by atoms with Gasteiger partial charge in [0.05, 0.1) is 5.69 Å². The van der Waals surface area contributed by atoms with Gasteiger partial charge in [0.2, 0.25) is 0 Å². The maximum Gasteiger partial charge on any atom is 0.0532 e. The van der Waals surface area contributed by atoms with Crippen LogP contribution in [-0.2, 0) is 6.54 Å². The topological polar surface area (TPSA) is 24.9 Å². The number of halogens is 1. The summed E-state index contributed by atoms with van der Waals surface area (Å²) in [4.78, 5) is 4.16. The third kappa shape index (κ3) is 3.30. The SMILES string of the molecule is Cc1cncc(NCc2ccc(C)cc2Br)c1. The van der Waals surface area contributed by atoms with Gasteiger partial charge in [-0.15, -0.1) is 0 Å². The van der Waals surface area contributed by atoms with Crippen molar-refractivity contribution in [3.8, 4) is 0 Å². The molecule has 0 amide bonds. The molecule has 0 spiro atoms. The van der Waals surface area contributed by atoms with E-state index in [4.69, 9.17) is 0 Å². The lowest BCUT2D eigenvalue weighted by molar-refractivity contribution is 1.12. The van der Waals surface area contributed by atoms with E-state index < -0.39 is 0 Å². The van der Waals surface area contributed by atoms with Crippen molar-refractivity contribution >= 4 is 21.6 Å². The highest BCUT2D eigenvalue weighted by Crippen LogP contribution is 2.19. The van der Waals surface area contributed by atoms with Crippen molar-refractivity contribution in [3.05, 3.63) is 57.8 Å². The van der Waals surface area contributed by atoms with Gasteiger partial charge in [-0.3, -0.25) is 4.98 Å². The standard InChI is InChI=1S/C14H15BrN2/c1-10-3-4-12(14(15)6-10)8-17-13-5-11(2)7-16-9-13/h3-7,9,17H,8H2,1-2H3. The normalized spacial score (nSPS) is 10.3. The molecule has 0 saturated carbocycles. The molecule has 0 unspecified atom stereocenters. The van der Waals surface area contributed by atoms with Crippen molar-refractivity contribution < 1.29 is 0 Å². The molecule has 0 bridgehead atoms. The van der Waals surface area contributed by atoms with Crippen LogP contribution in [0.5, 0.6) is 0 Å². The van der Waals surface area contributed by atoms with E-state index in [9.17, 15) is 0 Å². The quantitative estimate of drug-likeness (QED) is 0.922. The Morgan fingerprint density at radius 2 is 1.94 bits per heavy atom. The van der Waals surface area contributed by atoms with Gasteiger partial charge in [0, 0.05) is 23.4 Å². The zero-order chi connectivity index (χ0) is 12.3. The highest BCUT2D eigenvalue weighted by atomic mass is 79.9. The smallest absolute Gasteiger partial charge is 0.0532 e. The van der Waals surface area contributed by atoms with Crippen LogP contribution in [0.15, 0.2) is 41.1 Å². The summed E-state index contributed by atoms with van der Waals surface area (Å²) < 4.78 is 1.14. The van der Waals surface area contributed by atoms with Crippen LogP contribution in [0.4, 0.5) is 5.69 Å². The van der Waals surface area contributed by atoms with Gasteiger partial charge < -0.3 is 5.32 Å². The van der Waals surface area contributed by atoms with Crippen LogP contribution in [0.1, 0.15) is 16.7 Å². The third-order valence-corrected chi connectivity index (χ3v) is 3.30. The Morgan fingerprint density at radius 1 is 1.12 bits per heavy atom. The number of anilines is 1. The van der Waals surface area contributed by atoms with Gasteiger partial charge in [0.15, 0.2) is 0 Å². The van der Waals surface area contributed by atoms with Crippen LogP contribution in [-0.4, -0.2) is 4.98 Å². The van der Waals surface area contributed by atoms with E-state index in [1.807, 2.05) is 19.3 Å². The first-order chi connectivity index (χ1) is 8.15. The van der Waals surface area contributed by atoms with Crippen molar-refractivity contribution in [2.24, 2.45) is 0 Å². The fourth-order valence-electron chi connectivity index (χ4n) is 1.64. The van der Waals surface area contributed by atoms with Gasteiger partial charge in [-0.25, -0.2) is 0 Å². The van der Waals surface area contributed by atoms with Crippen LogP contribution >= 0.6 is 15.9 Å². The molecule has 0 aliphatic heterocycles. The van der Waals surface area contributed by atoms with E-state index in [0.29, 0.717) is 0 Å². The summed E-state index contributed by atoms with van der Waals surface area (Å²) in [5.74, 6) is 0. The molecule has 0 aliphatic rings. The Morgan fingerprint density at radius 3 is 2.65 bits per heavy atom. The van der Waals surface area contributed by atoms with Crippen LogP contribution in [0.2, 0.25) is 0 Å². The zero-order valence-electron chi connectivity index (χ0n) is 10.00. The second-order valence-electron chi connectivity index (χ2n) is 4.20. The Kier molecular flexibility index (Phi) is 3.79. The molecule has 0 fully saturated rings. The van der Waals surface area contributed by atoms with Gasteiger partial charge in [0.1, 0.15) is 0 Å². The number of benzene rings is 1. The van der Waals surface area contributed by atoms with E-state index in [-0.39, 0.29) is 0 Å². The van der Waals surface area contributed by atoms with Gasteiger partial charge >= 0.3 is 0 Å². The first-order valence-electron chi connectivity index (χ1n) is 5.56. The summed E-state index contributed by atoms with van der Waals surface area (Å²) in [6, 6.07) is 8.48. The predicted octanol–water partition coefficient (Wildman–Crippen LogP) is 4.07. The molecule has 2 aromatic rings. The minimum Gasteiger partial charge on any atom is -0.380 e. The second kappa shape index (κ2) is 5.32. The summed E-state index contributed by atoms with van der Waals surface area (Å²) in [6.45, 7) is 4.93. The number of hydrogen-bond acceptors (Lipinski definition) is 2. The van der Waals surface area contributed by atoms with Crippen LogP contribution in [0.3, 0.4) is 0 Å². The molecule has 1 aromatic carbocycles. The predicted molar refractivity (Wildman–Crippen MR) is 75.2 cm³/mol. The monoisotopic (exact) mass is 290 g/mol. The lowest BCUT2D eigenvalue weighted by Gasteiger charge is -2.09. The summed E-state index contributed by atoms with van der Waals surface area (Å²) in [6.07, 6.45) is 3.70. The van der Waals surface area contributed by atoms with Crippen LogP contribution < -0.4 is 5.32 Å². The van der Waals surface area contributed by atoms with Crippen molar-refractivity contribution in [3.63, 3.8) is 0 Å². The molecule has 3 heteroatoms. The molecule has 2 rings (SSSR count). The van der Waals surface area contributed by atoms with E-state index in [2.05, 4.69) is 57.4 Å². The summed E-state index contributed by atoms with van der Waals surface area (Å²) in [5, 5.41) is 3.37. The van der Waals surface area contributed by atoms with E-state index in [0.717, 1.165) is 22.3 Å². The summed E-state index contributed by atoms with van der Waals surface area (Å²) in [5.41, 5.74) is 4.73. The zero-order valence-corrected chi connectivity index (χ0v) is 11.6. The van der Waals surface area contributed by atoms with Crippen molar-refractivity contribution in [1.82, 2.24) is 4.98 Å². The molecule has 88 valence electrons. The maximum absolute atomic E-state index is 4.16. The lowest BCUT2D eigenvalue weighted by atomic mass is 10.1. The van der Waals surface area contributed by atoms with Crippen molar-refractivity contribution in [2.45, 2.75) is 20.4 Å². The summed E-state index contributed by atoms with van der Waals surface area (Å²) >= 11 is 3.58. The average molecular weight is 291 g/mol. The summed E-state index contributed by atoms with van der Waals surface area (Å²) in [7, 11) is 0. The molecule has 0 aliphatic carbocycles. The second-order valence-corrected chi connectivity index (χ2v) is 5.05. The van der Waals surface area contributed by atoms with Gasteiger partial charge in [0.25, 0.3) is 0 Å². The van der Waals surface area contributed by atoms with E-state index in [1.165, 1.54) is 11.1 Å². The molecule has 1 heterocycles. The molecular formula is C14H15BrN2. The number of aromatic nitrogens is 1. The number of rotatable bonds is 3. The Labute approximate surface area is 110 Å². The highest BCUT2D eigenvalue weighted by molar-refractivity contribution is 9.10. The molecular weight excluding hydrogens is 276 g/mol. The minimum absolute atomic E-state index is 0.798. The number of nitrogens with one attached hydrogen (secondary N) is 1. The molecule has 2 nitrogen and oxygen atoms in total. The average Bonchev–Trinajstić information content (AvgIpc) is 2.28. The molecule has 0 radical (unpaired) electrons. The number of pyridine rings is 1. The van der Waals surface area contributed by atoms with Gasteiger partial charge in [-0.2, -0.15) is 0 Å². The fraction of sp³-hybridized carbons (Fsp3) is 0.214. The van der Waals surface area contributed by atoms with Crippen LogP contribution in [0.25, 0.3) is 0 Å². The lowest BCUT2D eigenvalue weighted by Crippen LogP contribution is -2.01. The third-order valence-electron chi connectivity index (χ3n) is 2.57. The first-order valence-corrected chi connectivity index (χ1v) is 6.35. The van der Waals surface area contributed by atoms with E-state index >= 15 is 0 Å².